The summed E-state index contributed by atoms with van der Waals surface area (Å²) in [5, 5.41) is 8.00. The first kappa shape index (κ1) is 25.7. The van der Waals surface area contributed by atoms with Crippen molar-refractivity contribution in [3.05, 3.63) is 81.8 Å². The molecule has 0 aliphatic rings. The van der Waals surface area contributed by atoms with E-state index in [-0.39, 0.29) is 17.6 Å². The van der Waals surface area contributed by atoms with Gasteiger partial charge in [0, 0.05) is 34.3 Å². The smallest absolute Gasteiger partial charge is 0.289 e. The number of rotatable bonds is 11. The maximum Gasteiger partial charge on any atom is 0.289 e. The van der Waals surface area contributed by atoms with Crippen LogP contribution < -0.4 is 14.8 Å². The molecule has 2 heterocycles. The summed E-state index contributed by atoms with van der Waals surface area (Å²) >= 11 is 7.47. The minimum absolute atomic E-state index is 0.150. The Bertz CT molecular complexity index is 1330. The number of carbonyl (C=O) groups is 2. The van der Waals surface area contributed by atoms with Crippen molar-refractivity contribution < 1.29 is 18.8 Å². The molecule has 0 saturated heterocycles. The fourth-order valence-electron chi connectivity index (χ4n) is 3.89. The van der Waals surface area contributed by atoms with Crippen LogP contribution in [-0.4, -0.2) is 40.9 Å². The predicted octanol–water partition coefficient (Wildman–Crippen LogP) is 5.25. The minimum Gasteiger partial charge on any atom is -0.494 e. The second-order valence-electron chi connectivity index (χ2n) is 8.26. The van der Waals surface area contributed by atoms with Crippen LogP contribution in [0.5, 0.6) is 5.75 Å². The van der Waals surface area contributed by atoms with E-state index in [1.54, 1.807) is 0 Å². The standard InChI is InChI=1S/C26H27ClN4O4S/c1-16-14-18(15-17(2)23(16)27)34-12-5-7-20-19-6-3-4-8-21(19)30-24(20)26(33)31-36-13-11-28-25(32)22-9-10-29-35-22/h3-4,6,8-10,14-15,30H,5,7,11-13H2,1-2H3,(H,28,32)(H,31,33). The lowest BCUT2D eigenvalue weighted by molar-refractivity contribution is 0.0919. The first-order chi connectivity index (χ1) is 17.4. The van der Waals surface area contributed by atoms with Crippen molar-refractivity contribution in [1.29, 1.82) is 0 Å². The van der Waals surface area contributed by atoms with Crippen molar-refractivity contribution in [3.8, 4) is 5.75 Å². The maximum atomic E-state index is 13.0. The number of aromatic nitrogens is 2. The highest BCUT2D eigenvalue weighted by Gasteiger charge is 2.18. The van der Waals surface area contributed by atoms with Gasteiger partial charge in [-0.15, -0.1) is 0 Å². The number of hydrogen-bond donors (Lipinski definition) is 3. The molecular formula is C26H27ClN4O4S. The van der Waals surface area contributed by atoms with Crippen LogP contribution in [0.4, 0.5) is 0 Å². The van der Waals surface area contributed by atoms with Crippen molar-refractivity contribution >= 4 is 46.3 Å². The predicted molar refractivity (Wildman–Crippen MR) is 142 cm³/mol. The average Bonchev–Trinajstić information content (AvgIpc) is 3.53. The Hall–Kier alpha value is -3.43. The third-order valence-corrected chi connectivity index (χ3v) is 6.94. The number of fused-ring (bicyclic) bond motifs is 1. The van der Waals surface area contributed by atoms with E-state index in [0.29, 0.717) is 31.0 Å². The van der Waals surface area contributed by atoms with Crippen LogP contribution in [0, 0.1) is 13.8 Å². The van der Waals surface area contributed by atoms with E-state index in [0.717, 1.165) is 44.8 Å². The Labute approximate surface area is 218 Å². The van der Waals surface area contributed by atoms with E-state index in [4.69, 9.17) is 20.9 Å². The number of nitrogens with zero attached hydrogens (tertiary/aromatic N) is 1. The van der Waals surface area contributed by atoms with Gasteiger partial charge >= 0.3 is 0 Å². The molecule has 0 unspecified atom stereocenters. The maximum absolute atomic E-state index is 13.0. The molecule has 188 valence electrons. The van der Waals surface area contributed by atoms with Gasteiger partial charge in [0.1, 0.15) is 11.4 Å². The lowest BCUT2D eigenvalue weighted by Gasteiger charge is -2.10. The Morgan fingerprint density at radius 1 is 1.14 bits per heavy atom. The van der Waals surface area contributed by atoms with Gasteiger partial charge in [0.25, 0.3) is 11.8 Å². The van der Waals surface area contributed by atoms with Crippen LogP contribution in [0.1, 0.15) is 44.2 Å². The molecule has 2 amide bonds. The van der Waals surface area contributed by atoms with Gasteiger partial charge in [-0.2, -0.15) is 0 Å². The number of aromatic amines is 1. The third-order valence-electron chi connectivity index (χ3n) is 5.61. The van der Waals surface area contributed by atoms with E-state index >= 15 is 0 Å². The summed E-state index contributed by atoms with van der Waals surface area (Å²) in [5.41, 5.74) is 4.36. The number of aryl methyl sites for hydroxylation is 3. The highest BCUT2D eigenvalue weighted by molar-refractivity contribution is 7.97. The highest BCUT2D eigenvalue weighted by Crippen LogP contribution is 2.27. The topological polar surface area (TPSA) is 109 Å². The first-order valence-corrected chi connectivity index (χ1v) is 12.9. The summed E-state index contributed by atoms with van der Waals surface area (Å²) in [6, 6.07) is 13.2. The molecule has 0 aliphatic carbocycles. The van der Waals surface area contributed by atoms with Gasteiger partial charge in [0.15, 0.2) is 0 Å². The number of nitrogens with one attached hydrogen (secondary N) is 3. The summed E-state index contributed by atoms with van der Waals surface area (Å²) in [4.78, 5) is 28.1. The molecular weight excluding hydrogens is 500 g/mol. The Morgan fingerprint density at radius 2 is 1.92 bits per heavy atom. The minimum atomic E-state index is -0.344. The number of para-hydroxylation sites is 1. The van der Waals surface area contributed by atoms with Crippen LogP contribution in [0.25, 0.3) is 10.9 Å². The molecule has 0 radical (unpaired) electrons. The lowest BCUT2D eigenvalue weighted by Crippen LogP contribution is -2.27. The van der Waals surface area contributed by atoms with Gasteiger partial charge in [0.2, 0.25) is 5.76 Å². The molecule has 0 spiro atoms. The number of hydrogen-bond acceptors (Lipinski definition) is 6. The van der Waals surface area contributed by atoms with Gasteiger partial charge < -0.3 is 19.6 Å². The number of H-pyrrole nitrogens is 1. The normalized spacial score (nSPS) is 11.0. The van der Waals surface area contributed by atoms with E-state index in [1.807, 2.05) is 50.2 Å². The quantitative estimate of drug-likeness (QED) is 0.182. The summed E-state index contributed by atoms with van der Waals surface area (Å²) in [6.45, 7) is 4.80. The molecule has 2 aromatic carbocycles. The van der Waals surface area contributed by atoms with E-state index < -0.39 is 0 Å². The summed E-state index contributed by atoms with van der Waals surface area (Å²) in [5.74, 6) is 0.880. The highest BCUT2D eigenvalue weighted by atomic mass is 35.5. The fraction of sp³-hybridized carbons (Fsp3) is 0.269. The second kappa shape index (κ2) is 12.0. The van der Waals surface area contributed by atoms with Crippen LogP contribution >= 0.6 is 23.5 Å². The van der Waals surface area contributed by atoms with Gasteiger partial charge in [-0.1, -0.05) is 35.0 Å². The van der Waals surface area contributed by atoms with Crippen LogP contribution in [-0.2, 0) is 6.42 Å². The zero-order chi connectivity index (χ0) is 25.5. The molecule has 0 atom stereocenters. The zero-order valence-electron chi connectivity index (χ0n) is 20.0. The summed E-state index contributed by atoms with van der Waals surface area (Å²) in [7, 11) is 0. The van der Waals surface area contributed by atoms with E-state index in [1.165, 1.54) is 24.2 Å². The number of halogens is 1. The first-order valence-electron chi connectivity index (χ1n) is 11.5. The number of amides is 2. The molecule has 4 rings (SSSR count). The fourth-order valence-corrected chi connectivity index (χ4v) is 4.53. The van der Waals surface area contributed by atoms with Crippen LogP contribution in [0.2, 0.25) is 5.02 Å². The zero-order valence-corrected chi connectivity index (χ0v) is 21.6. The number of ether oxygens (including phenoxy) is 1. The Kier molecular flexibility index (Phi) is 8.56. The Balaban J connectivity index is 1.32. The Morgan fingerprint density at radius 3 is 2.67 bits per heavy atom. The largest absolute Gasteiger partial charge is 0.494 e. The van der Waals surface area contributed by atoms with E-state index in [9.17, 15) is 9.59 Å². The molecule has 0 saturated carbocycles. The SMILES string of the molecule is Cc1cc(OCCCc2c(C(=O)NSCCNC(=O)c3ccno3)[nH]c3ccccc23)cc(C)c1Cl. The van der Waals surface area contributed by atoms with Crippen LogP contribution in [0.15, 0.2) is 53.2 Å². The molecule has 8 nitrogen and oxygen atoms in total. The number of benzene rings is 2. The molecule has 0 aliphatic heterocycles. The van der Waals surface area contributed by atoms with Gasteiger partial charge in [-0.3, -0.25) is 14.3 Å². The molecule has 0 bridgehead atoms. The van der Waals surface area contributed by atoms with E-state index in [2.05, 4.69) is 20.2 Å². The number of carbonyl (C=O) groups excluding carboxylic acids is 2. The van der Waals surface area contributed by atoms with Gasteiger partial charge in [0.05, 0.1) is 12.8 Å². The van der Waals surface area contributed by atoms with Crippen molar-refractivity contribution in [3.63, 3.8) is 0 Å². The molecule has 4 aromatic rings. The molecule has 0 fully saturated rings. The monoisotopic (exact) mass is 526 g/mol. The third kappa shape index (κ3) is 6.22. The molecule has 10 heteroatoms. The van der Waals surface area contributed by atoms with Crippen molar-refractivity contribution in [2.45, 2.75) is 26.7 Å². The van der Waals surface area contributed by atoms with Crippen molar-refractivity contribution in [2.24, 2.45) is 0 Å². The van der Waals surface area contributed by atoms with Gasteiger partial charge in [-0.25, -0.2) is 0 Å². The molecule has 36 heavy (non-hydrogen) atoms. The lowest BCUT2D eigenvalue weighted by atomic mass is 10.1. The van der Waals surface area contributed by atoms with Crippen molar-refractivity contribution in [2.75, 3.05) is 18.9 Å². The summed E-state index contributed by atoms with van der Waals surface area (Å²) in [6.07, 6.45) is 2.83. The van der Waals surface area contributed by atoms with Crippen LogP contribution in [0.3, 0.4) is 0 Å². The average molecular weight is 527 g/mol. The van der Waals surface area contributed by atoms with Crippen molar-refractivity contribution in [1.82, 2.24) is 20.2 Å². The molecule has 3 N–H and O–H groups in total. The summed E-state index contributed by atoms with van der Waals surface area (Å²) < 4.78 is 13.6. The molecule has 2 aromatic heterocycles. The van der Waals surface area contributed by atoms with Gasteiger partial charge in [-0.05, 0) is 73.5 Å². The second-order valence-corrected chi connectivity index (χ2v) is 9.54.